The number of ether oxygens (including phenoxy) is 2. The molecule has 3 nitrogen and oxygen atoms in total. The number of unbranched alkanes of at least 4 members (excludes halogenated alkanes) is 2. The van der Waals surface area contributed by atoms with E-state index < -0.39 is 5.91 Å². The van der Waals surface area contributed by atoms with E-state index >= 15 is 0 Å². The zero-order valence-corrected chi connectivity index (χ0v) is 31.2. The SMILES string of the molecule is CCCCCc1cc2c(cc1C)OC1(CC(CCc3ccc(C(C)(C)C)cc3)c3cc(C)c(C)cc3O1)N2c1ccc(C(C)(C)C)cc1. The van der Waals surface area contributed by atoms with Gasteiger partial charge in [0.2, 0.25) is 0 Å². The first kappa shape index (κ1) is 34.2. The minimum absolute atomic E-state index is 0.0744. The van der Waals surface area contributed by atoms with Crippen LogP contribution in [0.3, 0.4) is 0 Å². The van der Waals surface area contributed by atoms with Crippen LogP contribution < -0.4 is 14.4 Å². The van der Waals surface area contributed by atoms with Crippen molar-refractivity contribution in [2.24, 2.45) is 0 Å². The molecule has 4 aromatic rings. The highest BCUT2D eigenvalue weighted by molar-refractivity contribution is 5.76. The fourth-order valence-corrected chi connectivity index (χ4v) is 7.48. The summed E-state index contributed by atoms with van der Waals surface area (Å²) in [4.78, 5) is 2.38. The van der Waals surface area contributed by atoms with E-state index in [1.54, 1.807) is 0 Å². The summed E-state index contributed by atoms with van der Waals surface area (Å²) in [7, 11) is 0. The third kappa shape index (κ3) is 6.75. The second-order valence-corrected chi connectivity index (χ2v) is 16.6. The second-order valence-electron chi connectivity index (χ2n) is 16.6. The minimum atomic E-state index is -0.977. The molecule has 48 heavy (non-hydrogen) atoms. The van der Waals surface area contributed by atoms with E-state index in [0.29, 0.717) is 0 Å². The quantitative estimate of drug-likeness (QED) is 0.178. The third-order valence-corrected chi connectivity index (χ3v) is 10.8. The van der Waals surface area contributed by atoms with E-state index in [9.17, 15) is 0 Å². The Hall–Kier alpha value is -3.72. The maximum atomic E-state index is 7.18. The van der Waals surface area contributed by atoms with Gasteiger partial charge in [-0.2, -0.15) is 0 Å². The Balaban J connectivity index is 1.42. The van der Waals surface area contributed by atoms with Crippen LogP contribution in [0, 0.1) is 20.8 Å². The van der Waals surface area contributed by atoms with Gasteiger partial charge in [-0.05, 0) is 138 Å². The molecule has 0 fully saturated rings. The summed E-state index contributed by atoms with van der Waals surface area (Å²) in [6.45, 7) is 22.6. The van der Waals surface area contributed by atoms with E-state index in [-0.39, 0.29) is 16.7 Å². The van der Waals surface area contributed by atoms with Crippen molar-refractivity contribution in [3.8, 4) is 11.5 Å². The van der Waals surface area contributed by atoms with Gasteiger partial charge in [-0.25, -0.2) is 0 Å². The molecule has 2 aliphatic rings. The molecule has 0 bridgehead atoms. The molecule has 0 aromatic heterocycles. The maximum Gasteiger partial charge on any atom is 0.343 e. The predicted molar refractivity (Wildman–Crippen MR) is 202 cm³/mol. The number of aryl methyl sites for hydroxylation is 5. The Labute approximate surface area is 290 Å². The molecule has 0 radical (unpaired) electrons. The van der Waals surface area contributed by atoms with Gasteiger partial charge in [-0.1, -0.05) is 104 Å². The van der Waals surface area contributed by atoms with Gasteiger partial charge < -0.3 is 9.47 Å². The Morgan fingerprint density at radius 3 is 1.90 bits per heavy atom. The molecule has 0 aliphatic carbocycles. The molecule has 0 saturated carbocycles. The second kappa shape index (κ2) is 13.0. The standard InChI is InChI=1S/C45H57NO2/c1-11-12-13-14-34-28-40-42(27-32(34)4)48-45(46(40)38-23-21-37(22-24-38)44(8,9)10)29-35(39-25-30(2)31(3)26-41(39)47-45)18-15-33-16-19-36(20-17-33)43(5,6)7/h16-17,19-28,35H,11-15,18,29H2,1-10H3. The van der Waals surface area contributed by atoms with Gasteiger partial charge in [0.15, 0.2) is 5.75 Å². The van der Waals surface area contributed by atoms with Crippen LogP contribution in [0.4, 0.5) is 11.4 Å². The lowest BCUT2D eigenvalue weighted by Crippen LogP contribution is -2.55. The van der Waals surface area contributed by atoms with Crippen LogP contribution in [0.1, 0.15) is 131 Å². The molecule has 2 atom stereocenters. The van der Waals surface area contributed by atoms with Crippen molar-refractivity contribution >= 4 is 11.4 Å². The first-order chi connectivity index (χ1) is 22.7. The summed E-state index contributed by atoms with van der Waals surface area (Å²) in [6, 6.07) is 27.6. The first-order valence-corrected chi connectivity index (χ1v) is 18.3. The highest BCUT2D eigenvalue weighted by atomic mass is 16.7. The van der Waals surface area contributed by atoms with Crippen molar-refractivity contribution in [3.05, 3.63) is 117 Å². The molecular weight excluding hydrogens is 587 g/mol. The van der Waals surface area contributed by atoms with Crippen LogP contribution >= 0.6 is 0 Å². The van der Waals surface area contributed by atoms with Crippen molar-refractivity contribution in [2.45, 2.75) is 137 Å². The van der Waals surface area contributed by atoms with Crippen molar-refractivity contribution in [1.82, 2.24) is 0 Å². The first-order valence-electron chi connectivity index (χ1n) is 18.3. The van der Waals surface area contributed by atoms with Gasteiger partial charge in [0.1, 0.15) is 5.75 Å². The fourth-order valence-electron chi connectivity index (χ4n) is 7.48. The van der Waals surface area contributed by atoms with Crippen molar-refractivity contribution in [3.63, 3.8) is 0 Å². The lowest BCUT2D eigenvalue weighted by atomic mass is 9.83. The van der Waals surface area contributed by atoms with Gasteiger partial charge in [-0.15, -0.1) is 0 Å². The Morgan fingerprint density at radius 2 is 1.27 bits per heavy atom. The van der Waals surface area contributed by atoms with Gasteiger partial charge >= 0.3 is 5.91 Å². The molecule has 2 aliphatic heterocycles. The molecule has 1 spiro atoms. The topological polar surface area (TPSA) is 21.7 Å². The number of rotatable bonds is 8. The average Bonchev–Trinajstić information content (AvgIpc) is 3.31. The van der Waals surface area contributed by atoms with E-state index in [4.69, 9.17) is 9.47 Å². The molecular formula is C45H57NO2. The van der Waals surface area contributed by atoms with Gasteiger partial charge in [0.25, 0.3) is 0 Å². The summed E-state index contributed by atoms with van der Waals surface area (Å²) >= 11 is 0. The molecule has 0 N–H and O–H groups in total. The Kier molecular flexibility index (Phi) is 9.22. The number of benzene rings is 4. The molecule has 0 saturated heterocycles. The highest BCUT2D eigenvalue weighted by Gasteiger charge is 2.54. The molecule has 2 unspecified atom stereocenters. The largest absolute Gasteiger partial charge is 0.434 e. The van der Waals surface area contributed by atoms with Gasteiger partial charge in [0, 0.05) is 5.69 Å². The number of anilines is 2. The van der Waals surface area contributed by atoms with Crippen molar-refractivity contribution < 1.29 is 9.47 Å². The molecule has 4 aromatic carbocycles. The Bertz CT molecular complexity index is 1750. The number of fused-ring (bicyclic) bond motifs is 2. The summed E-state index contributed by atoms with van der Waals surface area (Å²) < 4.78 is 14.3. The zero-order valence-electron chi connectivity index (χ0n) is 31.2. The predicted octanol–water partition coefficient (Wildman–Crippen LogP) is 12.3. The summed E-state index contributed by atoms with van der Waals surface area (Å²) in [5, 5.41) is 0. The van der Waals surface area contributed by atoms with E-state index in [1.807, 2.05) is 0 Å². The third-order valence-electron chi connectivity index (χ3n) is 10.8. The van der Waals surface area contributed by atoms with Crippen LogP contribution in [0.5, 0.6) is 11.5 Å². The summed E-state index contributed by atoms with van der Waals surface area (Å²) in [5.41, 5.74) is 13.1. The van der Waals surface area contributed by atoms with E-state index in [2.05, 4.69) is 147 Å². The van der Waals surface area contributed by atoms with Crippen LogP contribution in [0.2, 0.25) is 0 Å². The Morgan fingerprint density at radius 1 is 0.688 bits per heavy atom. The monoisotopic (exact) mass is 643 g/mol. The van der Waals surface area contributed by atoms with Gasteiger partial charge in [-0.3, -0.25) is 4.90 Å². The van der Waals surface area contributed by atoms with Crippen molar-refractivity contribution in [2.75, 3.05) is 4.90 Å². The number of nitrogens with zero attached hydrogens (tertiary/aromatic N) is 1. The lowest BCUT2D eigenvalue weighted by molar-refractivity contribution is -0.114. The molecule has 2 heterocycles. The zero-order chi connectivity index (χ0) is 34.4. The summed E-state index contributed by atoms with van der Waals surface area (Å²) in [6.07, 6.45) is 7.51. The van der Waals surface area contributed by atoms with Crippen LogP contribution in [0.25, 0.3) is 0 Å². The number of hydrogen-bond acceptors (Lipinski definition) is 3. The fraction of sp³-hybridized carbons (Fsp3) is 0.467. The maximum absolute atomic E-state index is 7.18. The molecule has 6 rings (SSSR count). The number of hydrogen-bond donors (Lipinski definition) is 0. The van der Waals surface area contributed by atoms with E-state index in [0.717, 1.165) is 48.6 Å². The van der Waals surface area contributed by atoms with Gasteiger partial charge in [0.05, 0.1) is 12.1 Å². The highest BCUT2D eigenvalue weighted by Crippen LogP contribution is 2.55. The minimum Gasteiger partial charge on any atom is -0.434 e. The normalized spacial score (nSPS) is 18.8. The van der Waals surface area contributed by atoms with Crippen LogP contribution in [-0.4, -0.2) is 5.91 Å². The lowest BCUT2D eigenvalue weighted by Gasteiger charge is -2.44. The van der Waals surface area contributed by atoms with Crippen LogP contribution in [0.15, 0.2) is 72.8 Å². The van der Waals surface area contributed by atoms with E-state index in [1.165, 1.54) is 63.8 Å². The molecule has 254 valence electrons. The molecule has 3 heteroatoms. The molecule has 0 amide bonds. The average molecular weight is 644 g/mol. The van der Waals surface area contributed by atoms with Crippen molar-refractivity contribution in [1.29, 1.82) is 0 Å². The smallest absolute Gasteiger partial charge is 0.343 e. The van der Waals surface area contributed by atoms with Crippen LogP contribution in [-0.2, 0) is 23.7 Å². The summed E-state index contributed by atoms with van der Waals surface area (Å²) in [5.74, 6) is 1.15.